The highest BCUT2D eigenvalue weighted by atomic mass is 16.2. The van der Waals surface area contributed by atoms with Gasteiger partial charge in [0, 0.05) is 37.6 Å². The molecule has 2 fully saturated rings. The Hall–Kier alpha value is -2.17. The van der Waals surface area contributed by atoms with Crippen LogP contribution in [0.1, 0.15) is 36.2 Å². The van der Waals surface area contributed by atoms with Crippen molar-refractivity contribution in [1.29, 1.82) is 0 Å². The molecule has 114 valence electrons. The van der Waals surface area contributed by atoms with E-state index in [1.54, 1.807) is 17.1 Å². The standard InChI is InChI=1S/C17H20N4O/c1-20-16(11-14(19-20)12-5-8-18-9-6-12)17(22)21-10-7-13-3-2-4-15(13)21/h5-6,8-9,11,13,15H,2-4,7,10H2,1H3/t13-,15-/m0/s1. The van der Waals surface area contributed by atoms with E-state index >= 15 is 0 Å². The van der Waals surface area contributed by atoms with Crippen molar-refractivity contribution >= 4 is 5.91 Å². The van der Waals surface area contributed by atoms with Crippen molar-refractivity contribution in [1.82, 2.24) is 19.7 Å². The quantitative estimate of drug-likeness (QED) is 0.855. The number of hydrogen-bond acceptors (Lipinski definition) is 3. The van der Waals surface area contributed by atoms with Crippen LogP contribution in [-0.4, -0.2) is 38.2 Å². The van der Waals surface area contributed by atoms with Crippen LogP contribution in [0, 0.1) is 5.92 Å². The molecular formula is C17H20N4O. The number of pyridine rings is 1. The summed E-state index contributed by atoms with van der Waals surface area (Å²) in [7, 11) is 1.85. The van der Waals surface area contributed by atoms with Gasteiger partial charge in [-0.25, -0.2) is 0 Å². The number of hydrogen-bond donors (Lipinski definition) is 0. The van der Waals surface area contributed by atoms with E-state index in [-0.39, 0.29) is 5.91 Å². The van der Waals surface area contributed by atoms with Gasteiger partial charge in [0.1, 0.15) is 5.69 Å². The van der Waals surface area contributed by atoms with E-state index in [2.05, 4.69) is 15.0 Å². The van der Waals surface area contributed by atoms with Gasteiger partial charge in [0.25, 0.3) is 5.91 Å². The van der Waals surface area contributed by atoms with Crippen LogP contribution in [0.25, 0.3) is 11.3 Å². The van der Waals surface area contributed by atoms with Crippen LogP contribution < -0.4 is 0 Å². The molecule has 3 heterocycles. The summed E-state index contributed by atoms with van der Waals surface area (Å²) in [5.74, 6) is 0.849. The zero-order valence-corrected chi connectivity index (χ0v) is 12.8. The first-order valence-corrected chi connectivity index (χ1v) is 7.99. The van der Waals surface area contributed by atoms with Crippen LogP contribution in [0.3, 0.4) is 0 Å². The van der Waals surface area contributed by atoms with Gasteiger partial charge >= 0.3 is 0 Å². The minimum atomic E-state index is 0.129. The second-order valence-corrected chi connectivity index (χ2v) is 6.32. The van der Waals surface area contributed by atoms with Crippen LogP contribution in [0.5, 0.6) is 0 Å². The Labute approximate surface area is 130 Å². The van der Waals surface area contributed by atoms with Crippen molar-refractivity contribution in [3.05, 3.63) is 36.3 Å². The summed E-state index contributed by atoms with van der Waals surface area (Å²) in [6.07, 6.45) is 8.34. The molecule has 0 N–H and O–H groups in total. The van der Waals surface area contributed by atoms with Crippen molar-refractivity contribution < 1.29 is 4.79 Å². The molecule has 1 saturated carbocycles. The number of likely N-dealkylation sites (tertiary alicyclic amines) is 1. The molecule has 22 heavy (non-hydrogen) atoms. The number of carbonyl (C=O) groups excluding carboxylic acids is 1. The first-order chi connectivity index (χ1) is 10.7. The third-order valence-corrected chi connectivity index (χ3v) is 5.10. The highest BCUT2D eigenvalue weighted by Gasteiger charge is 2.40. The van der Waals surface area contributed by atoms with Crippen LogP contribution in [0.15, 0.2) is 30.6 Å². The summed E-state index contributed by atoms with van der Waals surface area (Å²) in [6.45, 7) is 0.893. The SMILES string of the molecule is Cn1nc(-c2ccncc2)cc1C(=O)N1CC[C@@H]2CCC[C@@H]21. The summed E-state index contributed by atoms with van der Waals surface area (Å²) < 4.78 is 1.71. The van der Waals surface area contributed by atoms with Crippen molar-refractivity contribution in [3.8, 4) is 11.3 Å². The van der Waals surface area contributed by atoms with Gasteiger partial charge in [-0.05, 0) is 43.4 Å². The third-order valence-electron chi connectivity index (χ3n) is 5.10. The summed E-state index contributed by atoms with van der Waals surface area (Å²) in [5, 5.41) is 4.50. The maximum absolute atomic E-state index is 12.9. The summed E-state index contributed by atoms with van der Waals surface area (Å²) in [5.41, 5.74) is 2.50. The monoisotopic (exact) mass is 296 g/mol. The zero-order valence-electron chi connectivity index (χ0n) is 12.8. The molecule has 0 radical (unpaired) electrons. The maximum Gasteiger partial charge on any atom is 0.272 e. The summed E-state index contributed by atoms with van der Waals surface area (Å²) in [6, 6.07) is 6.19. The summed E-state index contributed by atoms with van der Waals surface area (Å²) >= 11 is 0. The molecule has 2 aromatic rings. The third kappa shape index (κ3) is 2.12. The minimum absolute atomic E-state index is 0.129. The van der Waals surface area contributed by atoms with Crippen molar-refractivity contribution in [2.24, 2.45) is 13.0 Å². The topological polar surface area (TPSA) is 51.0 Å². The highest BCUT2D eigenvalue weighted by molar-refractivity contribution is 5.94. The second-order valence-electron chi connectivity index (χ2n) is 6.32. The van der Waals surface area contributed by atoms with E-state index < -0.39 is 0 Å². The predicted octanol–water partition coefficient (Wildman–Crippen LogP) is 2.50. The number of rotatable bonds is 2. The minimum Gasteiger partial charge on any atom is -0.334 e. The first-order valence-electron chi connectivity index (χ1n) is 7.99. The average Bonchev–Trinajstić information content (AvgIpc) is 3.22. The lowest BCUT2D eigenvalue weighted by molar-refractivity contribution is 0.0717. The Morgan fingerprint density at radius 1 is 1.23 bits per heavy atom. The van der Waals surface area contributed by atoms with E-state index in [0.717, 1.165) is 36.6 Å². The average molecular weight is 296 g/mol. The molecule has 1 aliphatic heterocycles. The predicted molar refractivity (Wildman–Crippen MR) is 83.2 cm³/mol. The normalized spacial score (nSPS) is 23.8. The van der Waals surface area contributed by atoms with Crippen LogP contribution in [-0.2, 0) is 7.05 Å². The number of carbonyl (C=O) groups is 1. The molecule has 2 aliphatic rings. The summed E-state index contributed by atoms with van der Waals surface area (Å²) in [4.78, 5) is 19.0. The van der Waals surface area contributed by atoms with Crippen molar-refractivity contribution in [2.45, 2.75) is 31.7 Å². The van der Waals surface area contributed by atoms with Gasteiger partial charge in [-0.15, -0.1) is 0 Å². The van der Waals surface area contributed by atoms with Crippen molar-refractivity contribution in [3.63, 3.8) is 0 Å². The fraction of sp³-hybridized carbons (Fsp3) is 0.471. The van der Waals surface area contributed by atoms with E-state index in [0.29, 0.717) is 11.7 Å². The van der Waals surface area contributed by atoms with E-state index in [1.165, 1.54) is 12.8 Å². The molecule has 2 aromatic heterocycles. The fourth-order valence-corrected chi connectivity index (χ4v) is 3.97. The molecule has 5 nitrogen and oxygen atoms in total. The maximum atomic E-state index is 12.9. The number of fused-ring (bicyclic) bond motifs is 1. The molecule has 0 bridgehead atoms. The molecule has 1 amide bonds. The van der Waals surface area contributed by atoms with Gasteiger partial charge in [-0.3, -0.25) is 14.5 Å². The molecule has 0 aromatic carbocycles. The van der Waals surface area contributed by atoms with Crippen LogP contribution in [0.2, 0.25) is 0 Å². The number of nitrogens with zero attached hydrogens (tertiary/aromatic N) is 4. The lowest BCUT2D eigenvalue weighted by atomic mass is 10.0. The molecule has 0 spiro atoms. The Morgan fingerprint density at radius 3 is 2.86 bits per heavy atom. The largest absolute Gasteiger partial charge is 0.334 e. The van der Waals surface area contributed by atoms with Crippen LogP contribution in [0.4, 0.5) is 0 Å². The Kier molecular flexibility index (Phi) is 3.21. The zero-order chi connectivity index (χ0) is 15.1. The number of aryl methyl sites for hydroxylation is 1. The fourth-order valence-electron chi connectivity index (χ4n) is 3.97. The Morgan fingerprint density at radius 2 is 2.05 bits per heavy atom. The molecule has 5 heteroatoms. The molecule has 1 saturated heterocycles. The molecule has 1 aliphatic carbocycles. The van der Waals surface area contributed by atoms with Gasteiger partial charge in [0.05, 0.1) is 5.69 Å². The van der Waals surface area contributed by atoms with Gasteiger partial charge in [0.15, 0.2) is 0 Å². The first kappa shape index (κ1) is 13.5. The van der Waals surface area contributed by atoms with Crippen molar-refractivity contribution in [2.75, 3.05) is 6.54 Å². The smallest absolute Gasteiger partial charge is 0.272 e. The van der Waals surface area contributed by atoms with Crippen LogP contribution >= 0.6 is 0 Å². The Balaban J connectivity index is 1.63. The van der Waals surface area contributed by atoms with Gasteiger partial charge in [-0.2, -0.15) is 5.10 Å². The van der Waals surface area contributed by atoms with E-state index in [1.807, 2.05) is 25.2 Å². The molecular weight excluding hydrogens is 276 g/mol. The molecule has 4 rings (SSSR count). The van der Waals surface area contributed by atoms with E-state index in [4.69, 9.17) is 0 Å². The Bertz CT molecular complexity index is 694. The van der Waals surface area contributed by atoms with E-state index in [9.17, 15) is 4.79 Å². The van der Waals surface area contributed by atoms with Gasteiger partial charge < -0.3 is 4.90 Å². The molecule has 0 unspecified atom stereocenters. The van der Waals surface area contributed by atoms with Gasteiger partial charge in [0.2, 0.25) is 0 Å². The lowest BCUT2D eigenvalue weighted by Gasteiger charge is -2.23. The highest BCUT2D eigenvalue weighted by Crippen LogP contribution is 2.38. The number of amides is 1. The lowest BCUT2D eigenvalue weighted by Crippen LogP contribution is -2.36. The van der Waals surface area contributed by atoms with Gasteiger partial charge in [-0.1, -0.05) is 6.42 Å². The second kappa shape index (κ2) is 5.23. The number of aromatic nitrogens is 3. The molecule has 2 atom stereocenters.